The second-order valence-corrected chi connectivity index (χ2v) is 10.6. The van der Waals surface area contributed by atoms with Gasteiger partial charge in [-0.2, -0.15) is 0 Å². The van der Waals surface area contributed by atoms with Gasteiger partial charge in [-0.05, 0) is 60.2 Å². The maximum atomic E-state index is 13.9. The van der Waals surface area contributed by atoms with Crippen LogP contribution in [0.2, 0.25) is 5.02 Å². The number of carbonyl (C=O) groups is 2. The van der Waals surface area contributed by atoms with E-state index < -0.39 is 11.9 Å². The number of aromatic hydroxyl groups is 1. The van der Waals surface area contributed by atoms with Crippen molar-refractivity contribution >= 4 is 23.4 Å². The van der Waals surface area contributed by atoms with E-state index in [2.05, 4.69) is 5.32 Å². The van der Waals surface area contributed by atoms with Gasteiger partial charge >= 0.3 is 5.97 Å². The predicted octanol–water partition coefficient (Wildman–Crippen LogP) is 6.21. The van der Waals surface area contributed by atoms with Crippen LogP contribution in [-0.2, 0) is 20.7 Å². The first-order valence-electron chi connectivity index (χ1n) is 13.5. The summed E-state index contributed by atoms with van der Waals surface area (Å²) < 4.78 is 16.4. The van der Waals surface area contributed by atoms with Gasteiger partial charge in [0.25, 0.3) is 0 Å². The van der Waals surface area contributed by atoms with Crippen molar-refractivity contribution in [3.8, 4) is 17.2 Å². The zero-order chi connectivity index (χ0) is 29.1. The molecule has 1 heterocycles. The number of esters is 1. The largest absolute Gasteiger partial charge is 0.503 e. The number of ketones is 1. The number of benzene rings is 3. The van der Waals surface area contributed by atoms with Gasteiger partial charge in [0, 0.05) is 35.7 Å². The summed E-state index contributed by atoms with van der Waals surface area (Å²) in [5.41, 5.74) is 4.83. The quantitative estimate of drug-likeness (QED) is 0.309. The highest BCUT2D eigenvalue weighted by Gasteiger charge is 2.42. The first-order valence-corrected chi connectivity index (χ1v) is 13.8. The van der Waals surface area contributed by atoms with Crippen molar-refractivity contribution in [2.24, 2.45) is 0 Å². The number of Topliss-reactive ketones (excluding diaryl/α,β-unsaturated/α-hetero) is 1. The number of nitrogens with one attached hydrogen (secondary N) is 1. The molecule has 7 nitrogen and oxygen atoms in total. The van der Waals surface area contributed by atoms with Crippen molar-refractivity contribution in [2.45, 2.75) is 38.0 Å². The molecule has 0 saturated carbocycles. The molecular weight excluding hydrogens is 542 g/mol. The number of dihydropyridines is 1. The summed E-state index contributed by atoms with van der Waals surface area (Å²) >= 11 is 6.38. The molecule has 5 rings (SSSR count). The van der Waals surface area contributed by atoms with Crippen LogP contribution in [0.15, 0.2) is 89.3 Å². The van der Waals surface area contributed by atoms with E-state index in [1.165, 1.54) is 7.11 Å². The van der Waals surface area contributed by atoms with Gasteiger partial charge in [0.15, 0.2) is 17.3 Å². The fourth-order valence-corrected chi connectivity index (χ4v) is 5.87. The molecule has 0 amide bonds. The van der Waals surface area contributed by atoms with Gasteiger partial charge in [-0.15, -0.1) is 0 Å². The molecule has 0 fully saturated rings. The fourth-order valence-electron chi connectivity index (χ4n) is 5.65. The third-order valence-electron chi connectivity index (χ3n) is 7.71. The van der Waals surface area contributed by atoms with Gasteiger partial charge in [-0.3, -0.25) is 4.79 Å². The maximum Gasteiger partial charge on any atom is 0.336 e. The lowest BCUT2D eigenvalue weighted by atomic mass is 9.71. The van der Waals surface area contributed by atoms with Crippen LogP contribution in [0, 0.1) is 0 Å². The molecule has 0 aromatic heterocycles. The number of rotatable bonds is 8. The van der Waals surface area contributed by atoms with E-state index in [-0.39, 0.29) is 41.3 Å². The molecule has 2 aliphatic rings. The van der Waals surface area contributed by atoms with Crippen molar-refractivity contribution in [1.82, 2.24) is 5.32 Å². The second kappa shape index (κ2) is 12.1. The maximum absolute atomic E-state index is 13.9. The zero-order valence-electron chi connectivity index (χ0n) is 23.2. The van der Waals surface area contributed by atoms with Gasteiger partial charge in [0.1, 0.15) is 5.75 Å². The number of phenolic OH excluding ortho intramolecular Hbond substituents is 1. The topological polar surface area (TPSA) is 94.1 Å². The van der Waals surface area contributed by atoms with Crippen molar-refractivity contribution < 1.29 is 28.9 Å². The summed E-state index contributed by atoms with van der Waals surface area (Å²) in [6.45, 7) is 2.00. The number of halogens is 1. The number of allylic oxidation sites excluding steroid dienone is 3. The molecule has 2 N–H and O–H groups in total. The number of ether oxygens (including phenoxy) is 3. The summed E-state index contributed by atoms with van der Waals surface area (Å²) in [5.74, 6) is -0.674. The molecule has 1 aliphatic carbocycles. The highest BCUT2D eigenvalue weighted by atomic mass is 35.5. The Labute approximate surface area is 244 Å². The van der Waals surface area contributed by atoms with E-state index in [4.69, 9.17) is 25.8 Å². The molecule has 2 unspecified atom stereocenters. The molecule has 41 heavy (non-hydrogen) atoms. The second-order valence-electron chi connectivity index (χ2n) is 10.2. The van der Waals surface area contributed by atoms with Crippen LogP contribution in [0.4, 0.5) is 0 Å². The van der Waals surface area contributed by atoms with E-state index in [0.29, 0.717) is 35.2 Å². The van der Waals surface area contributed by atoms with Crippen molar-refractivity contribution in [3.05, 3.63) is 111 Å². The third-order valence-corrected chi connectivity index (χ3v) is 7.99. The highest BCUT2D eigenvalue weighted by Crippen LogP contribution is 2.48. The van der Waals surface area contributed by atoms with Crippen LogP contribution in [0.25, 0.3) is 0 Å². The Hall–Kier alpha value is -4.23. The lowest BCUT2D eigenvalue weighted by Crippen LogP contribution is -2.36. The molecule has 0 spiro atoms. The Morgan fingerprint density at radius 3 is 2.41 bits per heavy atom. The van der Waals surface area contributed by atoms with Gasteiger partial charge < -0.3 is 24.6 Å². The fraction of sp³-hybridized carbons (Fsp3) is 0.273. The Balaban J connectivity index is 1.51. The Morgan fingerprint density at radius 2 is 1.73 bits per heavy atom. The number of hydrogen-bond acceptors (Lipinski definition) is 7. The zero-order valence-corrected chi connectivity index (χ0v) is 24.0. The average molecular weight is 574 g/mol. The lowest BCUT2D eigenvalue weighted by molar-refractivity contribution is -0.139. The summed E-state index contributed by atoms with van der Waals surface area (Å²) in [4.78, 5) is 27.5. The minimum Gasteiger partial charge on any atom is -0.503 e. The smallest absolute Gasteiger partial charge is 0.336 e. The molecule has 3 aromatic rings. The van der Waals surface area contributed by atoms with Crippen LogP contribution >= 0.6 is 11.6 Å². The van der Waals surface area contributed by atoms with Crippen LogP contribution in [0.3, 0.4) is 0 Å². The van der Waals surface area contributed by atoms with E-state index in [9.17, 15) is 14.7 Å². The standard InChI is InChI=1S/C33H32ClNO6/c1-19-29(33(38)41-14-13-20-7-5-4-6-8-20)30(23-15-25(34)32(37)28(18-23)40-3)31-26(35-19)16-22(17-27(31)36)21-9-11-24(39-2)12-10-21/h4-12,15,18,22,30,35,37H,13-14,16-17H2,1-3H3. The Kier molecular flexibility index (Phi) is 8.36. The van der Waals surface area contributed by atoms with E-state index >= 15 is 0 Å². The summed E-state index contributed by atoms with van der Waals surface area (Å²) in [6.07, 6.45) is 1.43. The van der Waals surface area contributed by atoms with Crippen LogP contribution < -0.4 is 14.8 Å². The SMILES string of the molecule is COc1ccc(C2CC(=O)C3=C(C2)NC(C)=C(C(=O)OCCc2ccccc2)C3c2cc(Cl)c(O)c(OC)c2)cc1. The van der Waals surface area contributed by atoms with Crippen molar-refractivity contribution in [2.75, 3.05) is 20.8 Å². The Morgan fingerprint density at radius 1 is 1.00 bits per heavy atom. The summed E-state index contributed by atoms with van der Waals surface area (Å²) in [6, 6.07) is 20.7. The lowest BCUT2D eigenvalue weighted by Gasteiger charge is -2.37. The summed E-state index contributed by atoms with van der Waals surface area (Å²) in [5, 5.41) is 13.8. The van der Waals surface area contributed by atoms with Crippen LogP contribution in [0.5, 0.6) is 17.2 Å². The predicted molar refractivity (Wildman–Crippen MR) is 156 cm³/mol. The van der Waals surface area contributed by atoms with Gasteiger partial charge in [-0.25, -0.2) is 4.79 Å². The normalized spacial score (nSPS) is 18.5. The first kappa shape index (κ1) is 28.3. The van der Waals surface area contributed by atoms with Crippen molar-refractivity contribution in [3.63, 3.8) is 0 Å². The Bertz CT molecular complexity index is 1530. The van der Waals surface area contributed by atoms with E-state index in [1.54, 1.807) is 19.2 Å². The first-order chi connectivity index (χ1) is 19.8. The molecule has 8 heteroatoms. The van der Waals surface area contributed by atoms with E-state index in [1.807, 2.05) is 61.5 Å². The van der Waals surface area contributed by atoms with Crippen molar-refractivity contribution in [1.29, 1.82) is 0 Å². The molecule has 0 bridgehead atoms. The molecular formula is C33H32ClNO6. The van der Waals surface area contributed by atoms with Crippen LogP contribution in [-0.4, -0.2) is 37.7 Å². The van der Waals surface area contributed by atoms with E-state index in [0.717, 1.165) is 22.6 Å². The minimum absolute atomic E-state index is 0.0366. The average Bonchev–Trinajstić information content (AvgIpc) is 2.98. The number of methoxy groups -OCH3 is 2. The number of carbonyl (C=O) groups excluding carboxylic acids is 2. The van der Waals surface area contributed by atoms with Crippen LogP contribution in [0.1, 0.15) is 48.3 Å². The summed E-state index contributed by atoms with van der Waals surface area (Å²) in [7, 11) is 3.04. The number of hydrogen-bond donors (Lipinski definition) is 2. The third kappa shape index (κ3) is 5.81. The van der Waals surface area contributed by atoms with Gasteiger partial charge in [-0.1, -0.05) is 54.1 Å². The van der Waals surface area contributed by atoms with Gasteiger partial charge in [0.2, 0.25) is 0 Å². The molecule has 3 aromatic carbocycles. The molecule has 0 radical (unpaired) electrons. The monoisotopic (exact) mass is 573 g/mol. The molecule has 1 aliphatic heterocycles. The molecule has 2 atom stereocenters. The highest BCUT2D eigenvalue weighted by molar-refractivity contribution is 6.32. The molecule has 212 valence electrons. The van der Waals surface area contributed by atoms with Gasteiger partial charge in [0.05, 0.1) is 31.4 Å². The minimum atomic E-state index is -0.744. The molecule has 0 saturated heterocycles. The number of phenols is 1.